The van der Waals surface area contributed by atoms with Gasteiger partial charge in [-0.05, 0) is 46.7 Å². The molecule has 0 atom stereocenters. The summed E-state index contributed by atoms with van der Waals surface area (Å²) in [6, 6.07) is 3.86. The Morgan fingerprint density at radius 1 is 1.50 bits per heavy atom. The molecule has 0 unspecified atom stereocenters. The molecule has 1 N–H and O–H groups in total. The second kappa shape index (κ2) is 4.88. The van der Waals surface area contributed by atoms with E-state index in [-0.39, 0.29) is 0 Å². The van der Waals surface area contributed by atoms with Crippen LogP contribution in [0.25, 0.3) is 11.5 Å². The molecule has 0 aliphatic rings. The van der Waals surface area contributed by atoms with Gasteiger partial charge in [0.05, 0.1) is 0 Å². The summed E-state index contributed by atoms with van der Waals surface area (Å²) in [4.78, 5) is 4.31. The van der Waals surface area contributed by atoms with Crippen molar-refractivity contribution in [2.75, 3.05) is 0 Å². The first-order chi connectivity index (χ1) is 7.72. The van der Waals surface area contributed by atoms with Gasteiger partial charge in [-0.25, -0.2) is 0 Å². The van der Waals surface area contributed by atoms with Crippen molar-refractivity contribution in [2.24, 2.45) is 0 Å². The standard InChI is InChI=1S/C10H11BrN4S/c1-2-5-15-9(13-14-10(15)16)8-4-3-7(11)6-12-8/h3-4,6H,2,5H2,1H3,(H,14,16). The first-order valence-electron chi connectivity index (χ1n) is 4.99. The van der Waals surface area contributed by atoms with Crippen LogP contribution >= 0.6 is 28.1 Å². The van der Waals surface area contributed by atoms with Gasteiger partial charge in [-0.3, -0.25) is 14.6 Å². The molecule has 0 saturated heterocycles. The zero-order valence-corrected chi connectivity index (χ0v) is 11.2. The predicted octanol–water partition coefficient (Wildman–Crippen LogP) is 3.18. The molecule has 0 bridgehead atoms. The summed E-state index contributed by atoms with van der Waals surface area (Å²) < 4.78 is 3.56. The molecule has 2 heterocycles. The Hall–Kier alpha value is -1.01. The van der Waals surface area contributed by atoms with Gasteiger partial charge in [0.15, 0.2) is 10.6 Å². The van der Waals surface area contributed by atoms with Gasteiger partial charge in [0.1, 0.15) is 5.69 Å². The monoisotopic (exact) mass is 298 g/mol. The van der Waals surface area contributed by atoms with E-state index in [1.165, 1.54) is 0 Å². The molecule has 0 radical (unpaired) electrons. The molecule has 0 aliphatic heterocycles. The highest BCUT2D eigenvalue weighted by atomic mass is 79.9. The number of pyridine rings is 1. The molecule has 0 saturated carbocycles. The Kier molecular flexibility index (Phi) is 3.50. The van der Waals surface area contributed by atoms with Crippen LogP contribution in [0.4, 0.5) is 0 Å². The van der Waals surface area contributed by atoms with Gasteiger partial charge < -0.3 is 0 Å². The number of H-pyrrole nitrogens is 1. The Balaban J connectivity index is 2.47. The second-order valence-electron chi connectivity index (χ2n) is 3.37. The topological polar surface area (TPSA) is 46.5 Å². The third kappa shape index (κ3) is 2.22. The minimum absolute atomic E-state index is 0.640. The fourth-order valence-corrected chi connectivity index (χ4v) is 1.91. The van der Waals surface area contributed by atoms with Crippen LogP contribution < -0.4 is 0 Å². The number of hydrogen-bond acceptors (Lipinski definition) is 3. The average molecular weight is 299 g/mol. The maximum atomic E-state index is 5.17. The van der Waals surface area contributed by atoms with E-state index in [1.807, 2.05) is 16.7 Å². The summed E-state index contributed by atoms with van der Waals surface area (Å²) in [6.07, 6.45) is 2.76. The number of halogens is 1. The van der Waals surface area contributed by atoms with Crippen molar-refractivity contribution in [3.63, 3.8) is 0 Å². The van der Waals surface area contributed by atoms with E-state index in [9.17, 15) is 0 Å². The highest BCUT2D eigenvalue weighted by molar-refractivity contribution is 9.10. The van der Waals surface area contributed by atoms with E-state index >= 15 is 0 Å². The van der Waals surface area contributed by atoms with E-state index in [0.29, 0.717) is 4.77 Å². The summed E-state index contributed by atoms with van der Waals surface area (Å²) >= 11 is 8.53. The number of aromatic amines is 1. The fraction of sp³-hybridized carbons (Fsp3) is 0.300. The largest absolute Gasteiger partial charge is 0.299 e. The lowest BCUT2D eigenvalue weighted by Gasteiger charge is -2.03. The fourth-order valence-electron chi connectivity index (χ4n) is 1.45. The van der Waals surface area contributed by atoms with Crippen molar-refractivity contribution in [2.45, 2.75) is 19.9 Å². The predicted molar refractivity (Wildman–Crippen MR) is 68.6 cm³/mol. The van der Waals surface area contributed by atoms with Crippen LogP contribution in [-0.2, 0) is 6.54 Å². The average Bonchev–Trinajstić information content (AvgIpc) is 2.63. The molecule has 0 aliphatic carbocycles. The molecular weight excluding hydrogens is 288 g/mol. The van der Waals surface area contributed by atoms with Crippen LogP contribution in [0.1, 0.15) is 13.3 Å². The smallest absolute Gasteiger partial charge is 0.195 e. The zero-order valence-electron chi connectivity index (χ0n) is 8.77. The molecule has 2 rings (SSSR count). The molecule has 2 aromatic rings. The van der Waals surface area contributed by atoms with Crippen LogP contribution in [0.15, 0.2) is 22.8 Å². The molecule has 16 heavy (non-hydrogen) atoms. The minimum atomic E-state index is 0.640. The first-order valence-corrected chi connectivity index (χ1v) is 6.19. The van der Waals surface area contributed by atoms with Crippen LogP contribution in [0.2, 0.25) is 0 Å². The van der Waals surface area contributed by atoms with Crippen LogP contribution in [0, 0.1) is 4.77 Å². The Bertz CT molecular complexity index is 528. The highest BCUT2D eigenvalue weighted by Crippen LogP contribution is 2.17. The molecule has 0 amide bonds. The van der Waals surface area contributed by atoms with Crippen LogP contribution in [0.3, 0.4) is 0 Å². The lowest BCUT2D eigenvalue weighted by molar-refractivity contribution is 0.673. The third-order valence-corrected chi connectivity index (χ3v) is 2.94. The van der Waals surface area contributed by atoms with Crippen molar-refractivity contribution >= 4 is 28.1 Å². The number of nitrogens with one attached hydrogen (secondary N) is 1. The minimum Gasteiger partial charge on any atom is -0.299 e. The Labute approximate surface area is 107 Å². The van der Waals surface area contributed by atoms with Gasteiger partial charge in [-0.2, -0.15) is 5.10 Å². The summed E-state index contributed by atoms with van der Waals surface area (Å²) in [6.45, 7) is 2.95. The third-order valence-electron chi connectivity index (χ3n) is 2.16. The van der Waals surface area contributed by atoms with E-state index in [4.69, 9.17) is 12.2 Å². The van der Waals surface area contributed by atoms with Gasteiger partial charge in [-0.1, -0.05) is 6.92 Å². The molecule has 2 aromatic heterocycles. The molecular formula is C10H11BrN4S. The van der Waals surface area contributed by atoms with Crippen molar-refractivity contribution in [3.05, 3.63) is 27.6 Å². The number of aromatic nitrogens is 4. The zero-order chi connectivity index (χ0) is 11.5. The summed E-state index contributed by atoms with van der Waals surface area (Å²) in [5, 5.41) is 7.00. The van der Waals surface area contributed by atoms with Gasteiger partial charge in [0.25, 0.3) is 0 Å². The van der Waals surface area contributed by atoms with Crippen molar-refractivity contribution < 1.29 is 0 Å². The van der Waals surface area contributed by atoms with E-state index in [2.05, 4.69) is 38.0 Å². The van der Waals surface area contributed by atoms with Crippen LogP contribution in [0.5, 0.6) is 0 Å². The number of nitrogens with zero attached hydrogens (tertiary/aromatic N) is 3. The lowest BCUT2D eigenvalue weighted by Crippen LogP contribution is -2.00. The highest BCUT2D eigenvalue weighted by Gasteiger charge is 2.08. The molecule has 0 spiro atoms. The molecule has 4 nitrogen and oxygen atoms in total. The normalized spacial score (nSPS) is 10.6. The van der Waals surface area contributed by atoms with Crippen molar-refractivity contribution in [1.29, 1.82) is 0 Å². The second-order valence-corrected chi connectivity index (χ2v) is 4.67. The van der Waals surface area contributed by atoms with E-state index < -0.39 is 0 Å². The van der Waals surface area contributed by atoms with Crippen molar-refractivity contribution in [3.8, 4) is 11.5 Å². The van der Waals surface area contributed by atoms with Gasteiger partial charge in [0, 0.05) is 17.2 Å². The van der Waals surface area contributed by atoms with Gasteiger partial charge in [0.2, 0.25) is 0 Å². The van der Waals surface area contributed by atoms with Gasteiger partial charge in [-0.15, -0.1) is 0 Å². The SMILES string of the molecule is CCCn1c(-c2ccc(Br)cn2)n[nH]c1=S. The van der Waals surface area contributed by atoms with Crippen LogP contribution in [-0.4, -0.2) is 19.7 Å². The van der Waals surface area contributed by atoms with Gasteiger partial charge >= 0.3 is 0 Å². The van der Waals surface area contributed by atoms with E-state index in [0.717, 1.165) is 29.0 Å². The molecule has 0 aromatic carbocycles. The van der Waals surface area contributed by atoms with Crippen molar-refractivity contribution in [1.82, 2.24) is 19.7 Å². The lowest BCUT2D eigenvalue weighted by atomic mass is 10.3. The van der Waals surface area contributed by atoms with E-state index in [1.54, 1.807) is 6.20 Å². The summed E-state index contributed by atoms with van der Waals surface area (Å²) in [7, 11) is 0. The number of hydrogen-bond donors (Lipinski definition) is 1. The Morgan fingerprint density at radius 2 is 2.31 bits per heavy atom. The number of rotatable bonds is 3. The first kappa shape index (κ1) is 11.5. The maximum Gasteiger partial charge on any atom is 0.195 e. The molecule has 84 valence electrons. The summed E-state index contributed by atoms with van der Waals surface area (Å²) in [5.41, 5.74) is 0.823. The quantitative estimate of drug-likeness (QED) is 0.885. The molecule has 6 heteroatoms. The maximum absolute atomic E-state index is 5.17. The molecule has 0 fully saturated rings. The Morgan fingerprint density at radius 3 is 2.94 bits per heavy atom. The summed E-state index contributed by atoms with van der Waals surface area (Å²) in [5.74, 6) is 0.791.